The van der Waals surface area contributed by atoms with E-state index in [1.165, 1.54) is 5.56 Å². The van der Waals surface area contributed by atoms with Gasteiger partial charge in [0.25, 0.3) is 0 Å². The summed E-state index contributed by atoms with van der Waals surface area (Å²) in [6, 6.07) is 5.78. The van der Waals surface area contributed by atoms with E-state index < -0.39 is 6.10 Å². The van der Waals surface area contributed by atoms with Crippen molar-refractivity contribution in [2.24, 2.45) is 5.73 Å². The molecule has 0 spiro atoms. The Morgan fingerprint density at radius 1 is 1.50 bits per heavy atom. The summed E-state index contributed by atoms with van der Waals surface area (Å²) in [5, 5.41) is 9.92. The highest BCUT2D eigenvalue weighted by molar-refractivity contribution is 5.61. The van der Waals surface area contributed by atoms with E-state index in [4.69, 9.17) is 5.73 Å². The smallest absolute Gasteiger partial charge is 0.0978 e. The van der Waals surface area contributed by atoms with E-state index in [0.717, 1.165) is 11.3 Å². The fourth-order valence-corrected chi connectivity index (χ4v) is 2.18. The summed E-state index contributed by atoms with van der Waals surface area (Å²) in [5.74, 6) is 0. The molecule has 0 aliphatic carbocycles. The van der Waals surface area contributed by atoms with Crippen molar-refractivity contribution in [1.29, 1.82) is 0 Å². The standard InChI is InChI=1S/C11H16N2O/c1-7-4-3-5-8-10(7)13(2)6-9(12)11(8)14/h3-5,9,11,14H,6,12H2,1-2H3/t9-,11+/m0/s1. The van der Waals surface area contributed by atoms with Crippen molar-refractivity contribution in [1.82, 2.24) is 0 Å². The number of aliphatic hydroxyl groups excluding tert-OH is 1. The van der Waals surface area contributed by atoms with Crippen LogP contribution in [0.5, 0.6) is 0 Å². The number of fused-ring (bicyclic) bond motifs is 1. The van der Waals surface area contributed by atoms with E-state index in [2.05, 4.69) is 17.9 Å². The average molecular weight is 192 g/mol. The van der Waals surface area contributed by atoms with Gasteiger partial charge in [-0.3, -0.25) is 0 Å². The number of aryl methyl sites for hydroxylation is 1. The van der Waals surface area contributed by atoms with Crippen LogP contribution in [0.2, 0.25) is 0 Å². The number of likely N-dealkylation sites (N-methyl/N-ethyl adjacent to an activating group) is 1. The van der Waals surface area contributed by atoms with E-state index in [-0.39, 0.29) is 6.04 Å². The van der Waals surface area contributed by atoms with Gasteiger partial charge in [0.2, 0.25) is 0 Å². The molecule has 76 valence electrons. The highest BCUT2D eigenvalue weighted by Gasteiger charge is 2.28. The molecule has 0 aromatic heterocycles. The van der Waals surface area contributed by atoms with Crippen LogP contribution in [-0.4, -0.2) is 24.7 Å². The first-order valence-corrected chi connectivity index (χ1v) is 4.85. The lowest BCUT2D eigenvalue weighted by molar-refractivity contribution is 0.143. The third-order valence-electron chi connectivity index (χ3n) is 2.86. The summed E-state index contributed by atoms with van der Waals surface area (Å²) in [7, 11) is 2.01. The van der Waals surface area contributed by atoms with Gasteiger partial charge in [0.15, 0.2) is 0 Å². The summed E-state index contributed by atoms with van der Waals surface area (Å²) < 4.78 is 0. The Morgan fingerprint density at radius 2 is 2.21 bits per heavy atom. The first-order chi connectivity index (χ1) is 6.61. The van der Waals surface area contributed by atoms with Crippen molar-refractivity contribution in [3.63, 3.8) is 0 Å². The molecule has 14 heavy (non-hydrogen) atoms. The lowest BCUT2D eigenvalue weighted by Crippen LogP contribution is -2.44. The van der Waals surface area contributed by atoms with E-state index in [0.29, 0.717) is 6.54 Å². The molecule has 3 heteroatoms. The van der Waals surface area contributed by atoms with E-state index in [1.54, 1.807) is 0 Å². The second-order valence-electron chi connectivity index (χ2n) is 4.00. The van der Waals surface area contributed by atoms with Crippen LogP contribution in [0.25, 0.3) is 0 Å². The first kappa shape index (κ1) is 9.49. The lowest BCUT2D eigenvalue weighted by atomic mass is 9.93. The minimum Gasteiger partial charge on any atom is -0.387 e. The zero-order valence-corrected chi connectivity index (χ0v) is 8.57. The maximum absolute atomic E-state index is 9.92. The number of rotatable bonds is 0. The molecule has 1 aliphatic heterocycles. The predicted molar refractivity (Wildman–Crippen MR) is 57.4 cm³/mol. The summed E-state index contributed by atoms with van der Waals surface area (Å²) in [4.78, 5) is 2.11. The molecule has 1 heterocycles. The summed E-state index contributed by atoms with van der Waals surface area (Å²) in [6.45, 7) is 2.76. The van der Waals surface area contributed by atoms with Gasteiger partial charge in [-0.15, -0.1) is 0 Å². The van der Waals surface area contributed by atoms with Crippen LogP contribution in [-0.2, 0) is 0 Å². The zero-order chi connectivity index (χ0) is 10.3. The van der Waals surface area contributed by atoms with Crippen LogP contribution in [0.15, 0.2) is 18.2 Å². The third-order valence-corrected chi connectivity index (χ3v) is 2.86. The van der Waals surface area contributed by atoms with Gasteiger partial charge in [-0.2, -0.15) is 0 Å². The molecule has 0 unspecified atom stereocenters. The Kier molecular flexibility index (Phi) is 2.21. The monoisotopic (exact) mass is 192 g/mol. The molecule has 1 aromatic rings. The van der Waals surface area contributed by atoms with Crippen LogP contribution >= 0.6 is 0 Å². The molecule has 2 atom stereocenters. The Bertz CT molecular complexity index is 351. The molecule has 0 radical (unpaired) electrons. The zero-order valence-electron chi connectivity index (χ0n) is 8.57. The SMILES string of the molecule is Cc1cccc2c1N(C)C[C@H](N)[C@@H]2O. The number of nitrogens with zero attached hydrogens (tertiary/aromatic N) is 1. The molecule has 0 saturated heterocycles. The van der Waals surface area contributed by atoms with Crippen molar-refractivity contribution in [2.75, 3.05) is 18.5 Å². The van der Waals surface area contributed by atoms with Crippen LogP contribution in [0, 0.1) is 6.92 Å². The topological polar surface area (TPSA) is 49.5 Å². The fourth-order valence-electron chi connectivity index (χ4n) is 2.18. The Balaban J connectivity index is 2.55. The van der Waals surface area contributed by atoms with Gasteiger partial charge >= 0.3 is 0 Å². The second-order valence-corrected chi connectivity index (χ2v) is 4.00. The van der Waals surface area contributed by atoms with Crippen molar-refractivity contribution in [3.8, 4) is 0 Å². The van der Waals surface area contributed by atoms with Crippen molar-refractivity contribution >= 4 is 5.69 Å². The Labute approximate surface area is 84.1 Å². The fraction of sp³-hybridized carbons (Fsp3) is 0.455. The second kappa shape index (κ2) is 3.26. The normalized spacial score (nSPS) is 26.1. The summed E-state index contributed by atoms with van der Waals surface area (Å²) in [6.07, 6.45) is -0.527. The van der Waals surface area contributed by atoms with Crippen LogP contribution in [0.4, 0.5) is 5.69 Å². The number of para-hydroxylation sites is 1. The minimum absolute atomic E-state index is 0.186. The number of hydrogen-bond donors (Lipinski definition) is 2. The maximum Gasteiger partial charge on any atom is 0.0978 e. The number of anilines is 1. The Morgan fingerprint density at radius 3 is 2.93 bits per heavy atom. The molecular formula is C11H16N2O. The molecule has 0 saturated carbocycles. The van der Waals surface area contributed by atoms with Gasteiger partial charge in [-0.1, -0.05) is 18.2 Å². The average Bonchev–Trinajstić information content (AvgIpc) is 2.14. The van der Waals surface area contributed by atoms with Gasteiger partial charge in [-0.25, -0.2) is 0 Å². The lowest BCUT2D eigenvalue weighted by Gasteiger charge is -2.36. The number of hydrogen-bond acceptors (Lipinski definition) is 3. The van der Waals surface area contributed by atoms with Gasteiger partial charge in [0.05, 0.1) is 12.1 Å². The molecule has 0 bridgehead atoms. The highest BCUT2D eigenvalue weighted by Crippen LogP contribution is 2.34. The quantitative estimate of drug-likeness (QED) is 0.639. The molecule has 3 N–H and O–H groups in total. The molecule has 3 nitrogen and oxygen atoms in total. The molecule has 0 amide bonds. The highest BCUT2D eigenvalue weighted by atomic mass is 16.3. The number of benzene rings is 1. The number of aliphatic hydroxyl groups is 1. The summed E-state index contributed by atoms with van der Waals surface area (Å²) in [5.41, 5.74) is 9.11. The van der Waals surface area contributed by atoms with E-state index >= 15 is 0 Å². The van der Waals surface area contributed by atoms with Gasteiger partial charge in [-0.05, 0) is 12.5 Å². The molecule has 1 aromatic carbocycles. The van der Waals surface area contributed by atoms with Crippen LogP contribution in [0.3, 0.4) is 0 Å². The van der Waals surface area contributed by atoms with Crippen LogP contribution < -0.4 is 10.6 Å². The Hall–Kier alpha value is -1.06. The first-order valence-electron chi connectivity index (χ1n) is 4.85. The summed E-state index contributed by atoms with van der Waals surface area (Å²) >= 11 is 0. The molecule has 1 aliphatic rings. The minimum atomic E-state index is -0.527. The van der Waals surface area contributed by atoms with E-state index in [1.807, 2.05) is 19.2 Å². The van der Waals surface area contributed by atoms with Crippen molar-refractivity contribution in [3.05, 3.63) is 29.3 Å². The third kappa shape index (κ3) is 1.29. The van der Waals surface area contributed by atoms with Gasteiger partial charge in [0, 0.05) is 24.8 Å². The maximum atomic E-state index is 9.92. The predicted octanol–water partition coefficient (Wildman–Crippen LogP) is 0.806. The van der Waals surface area contributed by atoms with Gasteiger partial charge in [0.1, 0.15) is 0 Å². The van der Waals surface area contributed by atoms with Crippen molar-refractivity contribution in [2.45, 2.75) is 19.1 Å². The number of nitrogens with two attached hydrogens (primary N) is 1. The largest absolute Gasteiger partial charge is 0.387 e. The molecule has 0 fully saturated rings. The van der Waals surface area contributed by atoms with E-state index in [9.17, 15) is 5.11 Å². The van der Waals surface area contributed by atoms with Crippen LogP contribution in [0.1, 0.15) is 17.2 Å². The van der Waals surface area contributed by atoms with Crippen molar-refractivity contribution < 1.29 is 5.11 Å². The molecular weight excluding hydrogens is 176 g/mol. The van der Waals surface area contributed by atoms with Gasteiger partial charge < -0.3 is 15.7 Å². The molecule has 2 rings (SSSR count).